The van der Waals surface area contributed by atoms with E-state index >= 15 is 0 Å². The van der Waals surface area contributed by atoms with Crippen molar-refractivity contribution >= 4 is 5.97 Å². The van der Waals surface area contributed by atoms with Crippen molar-refractivity contribution in [1.82, 2.24) is 10.2 Å². The van der Waals surface area contributed by atoms with E-state index in [9.17, 15) is 4.79 Å². The normalized spacial score (nSPS) is 12.9. The van der Waals surface area contributed by atoms with Gasteiger partial charge >= 0.3 is 5.97 Å². The molecule has 0 aromatic carbocycles. The molecular formula is C13H22N2O3. The van der Waals surface area contributed by atoms with Gasteiger partial charge in [-0.2, -0.15) is 0 Å². The highest BCUT2D eigenvalue weighted by atomic mass is 16.4. The van der Waals surface area contributed by atoms with Gasteiger partial charge in [-0.25, -0.2) is 4.79 Å². The van der Waals surface area contributed by atoms with Crippen molar-refractivity contribution in [2.45, 2.75) is 33.4 Å². The molecule has 5 heteroatoms. The highest BCUT2D eigenvalue weighted by Crippen LogP contribution is 2.10. The lowest BCUT2D eigenvalue weighted by Gasteiger charge is -2.23. The smallest absolute Gasteiger partial charge is 0.372 e. The Hall–Kier alpha value is -1.33. The number of carboxylic acid groups (broad SMARTS) is 1. The molecular weight excluding hydrogens is 232 g/mol. The largest absolute Gasteiger partial charge is 0.475 e. The van der Waals surface area contributed by atoms with E-state index in [0.717, 1.165) is 19.6 Å². The van der Waals surface area contributed by atoms with Crippen LogP contribution in [-0.4, -0.2) is 41.7 Å². The maximum absolute atomic E-state index is 10.9. The Labute approximate surface area is 108 Å². The third-order valence-electron chi connectivity index (χ3n) is 3.01. The summed E-state index contributed by atoms with van der Waals surface area (Å²) in [6, 6.07) is 2.00. The lowest BCUT2D eigenvalue weighted by Crippen LogP contribution is -2.38. The van der Waals surface area contributed by atoms with Gasteiger partial charge in [0, 0.05) is 24.7 Å². The molecule has 102 valence electrons. The summed E-state index contributed by atoms with van der Waals surface area (Å²) in [6.07, 6.45) is 1.41. The third kappa shape index (κ3) is 4.16. The van der Waals surface area contributed by atoms with Gasteiger partial charge in [-0.05, 0) is 26.1 Å². The fourth-order valence-corrected chi connectivity index (χ4v) is 1.88. The Kier molecular flexibility index (Phi) is 5.88. The molecule has 2 N–H and O–H groups in total. The summed E-state index contributed by atoms with van der Waals surface area (Å²) >= 11 is 0. The van der Waals surface area contributed by atoms with Crippen molar-refractivity contribution in [1.29, 1.82) is 0 Å². The lowest BCUT2D eigenvalue weighted by atomic mass is 10.2. The van der Waals surface area contributed by atoms with E-state index in [1.165, 1.54) is 6.26 Å². The maximum atomic E-state index is 10.9. The fraction of sp³-hybridized carbons (Fsp3) is 0.615. The molecule has 0 spiro atoms. The second-order valence-corrected chi connectivity index (χ2v) is 4.35. The van der Waals surface area contributed by atoms with Crippen molar-refractivity contribution in [3.05, 3.63) is 23.7 Å². The van der Waals surface area contributed by atoms with Gasteiger partial charge in [0.15, 0.2) is 0 Å². The van der Waals surface area contributed by atoms with Gasteiger partial charge in [0.25, 0.3) is 0 Å². The minimum Gasteiger partial charge on any atom is -0.475 e. The standard InChI is InChI=1S/C13H22N2O3/c1-4-15(5-2)9-10(3)14-8-11-6-7-18-12(11)13(16)17/h6-7,10,14H,4-5,8-9H2,1-3H3,(H,16,17). The molecule has 1 aromatic heterocycles. The second kappa shape index (κ2) is 7.18. The van der Waals surface area contributed by atoms with Crippen LogP contribution in [0.2, 0.25) is 0 Å². The second-order valence-electron chi connectivity index (χ2n) is 4.35. The van der Waals surface area contributed by atoms with Crippen LogP contribution in [-0.2, 0) is 6.54 Å². The van der Waals surface area contributed by atoms with Gasteiger partial charge in [0.2, 0.25) is 5.76 Å². The van der Waals surface area contributed by atoms with Crippen LogP contribution in [0.5, 0.6) is 0 Å². The van der Waals surface area contributed by atoms with Crippen molar-refractivity contribution in [3.8, 4) is 0 Å². The summed E-state index contributed by atoms with van der Waals surface area (Å²) in [5, 5.41) is 12.2. The number of likely N-dealkylation sites (N-methyl/N-ethyl adjacent to an activating group) is 1. The zero-order chi connectivity index (χ0) is 13.5. The molecule has 0 aliphatic rings. The Morgan fingerprint density at radius 1 is 1.50 bits per heavy atom. The van der Waals surface area contributed by atoms with Gasteiger partial charge < -0.3 is 19.7 Å². The van der Waals surface area contributed by atoms with E-state index in [0.29, 0.717) is 18.2 Å². The van der Waals surface area contributed by atoms with Gasteiger partial charge in [-0.3, -0.25) is 0 Å². The zero-order valence-electron chi connectivity index (χ0n) is 11.3. The minimum atomic E-state index is -1.02. The highest BCUT2D eigenvalue weighted by Gasteiger charge is 2.14. The van der Waals surface area contributed by atoms with E-state index in [4.69, 9.17) is 9.52 Å². The minimum absolute atomic E-state index is 0.0255. The number of carboxylic acids is 1. The summed E-state index contributed by atoms with van der Waals surface area (Å²) in [6.45, 7) is 9.87. The van der Waals surface area contributed by atoms with Crippen LogP contribution in [0.4, 0.5) is 0 Å². The van der Waals surface area contributed by atoms with E-state index < -0.39 is 5.97 Å². The van der Waals surface area contributed by atoms with Crippen molar-refractivity contribution in [2.75, 3.05) is 19.6 Å². The number of hydrogen-bond donors (Lipinski definition) is 2. The molecule has 0 amide bonds. The quantitative estimate of drug-likeness (QED) is 0.740. The van der Waals surface area contributed by atoms with Crippen LogP contribution < -0.4 is 5.32 Å². The van der Waals surface area contributed by atoms with Crippen LogP contribution in [0.1, 0.15) is 36.9 Å². The molecule has 1 unspecified atom stereocenters. The predicted octanol–water partition coefficient (Wildman–Crippen LogP) is 1.80. The van der Waals surface area contributed by atoms with Gasteiger partial charge in [-0.15, -0.1) is 0 Å². The first-order valence-electron chi connectivity index (χ1n) is 6.33. The Morgan fingerprint density at radius 3 is 2.72 bits per heavy atom. The van der Waals surface area contributed by atoms with Crippen LogP contribution >= 0.6 is 0 Å². The van der Waals surface area contributed by atoms with Crippen molar-refractivity contribution in [2.24, 2.45) is 0 Å². The molecule has 1 rings (SSSR count). The van der Waals surface area contributed by atoms with E-state index in [1.807, 2.05) is 0 Å². The SMILES string of the molecule is CCN(CC)CC(C)NCc1ccoc1C(=O)O. The van der Waals surface area contributed by atoms with Crippen LogP contribution in [0.3, 0.4) is 0 Å². The number of furan rings is 1. The summed E-state index contributed by atoms with van der Waals surface area (Å²) in [4.78, 5) is 13.2. The fourth-order valence-electron chi connectivity index (χ4n) is 1.88. The molecule has 0 saturated heterocycles. The summed E-state index contributed by atoms with van der Waals surface area (Å²) in [5.74, 6) is -0.995. The number of rotatable bonds is 8. The first-order chi connectivity index (χ1) is 8.58. The summed E-state index contributed by atoms with van der Waals surface area (Å²) < 4.78 is 4.93. The Balaban J connectivity index is 2.44. The molecule has 0 fully saturated rings. The monoisotopic (exact) mass is 254 g/mol. The topological polar surface area (TPSA) is 65.7 Å². The molecule has 1 aromatic rings. The Morgan fingerprint density at radius 2 is 2.17 bits per heavy atom. The summed E-state index contributed by atoms with van der Waals surface area (Å²) in [5.41, 5.74) is 0.689. The lowest BCUT2D eigenvalue weighted by molar-refractivity contribution is 0.0660. The van der Waals surface area contributed by atoms with Gasteiger partial charge in [0.1, 0.15) is 0 Å². The molecule has 0 bridgehead atoms. The molecule has 0 aliphatic carbocycles. The first-order valence-corrected chi connectivity index (χ1v) is 6.33. The number of carbonyl (C=O) groups is 1. The first kappa shape index (κ1) is 14.7. The van der Waals surface area contributed by atoms with Crippen LogP contribution in [0.25, 0.3) is 0 Å². The third-order valence-corrected chi connectivity index (χ3v) is 3.01. The number of nitrogens with one attached hydrogen (secondary N) is 1. The van der Waals surface area contributed by atoms with Crippen LogP contribution in [0, 0.1) is 0 Å². The molecule has 1 atom stereocenters. The van der Waals surface area contributed by atoms with E-state index in [2.05, 4.69) is 31.0 Å². The zero-order valence-corrected chi connectivity index (χ0v) is 11.3. The van der Waals surface area contributed by atoms with E-state index in [1.54, 1.807) is 6.07 Å². The highest BCUT2D eigenvalue weighted by molar-refractivity contribution is 5.86. The molecule has 5 nitrogen and oxygen atoms in total. The summed E-state index contributed by atoms with van der Waals surface area (Å²) in [7, 11) is 0. The average Bonchev–Trinajstić information content (AvgIpc) is 2.81. The van der Waals surface area contributed by atoms with Crippen molar-refractivity contribution < 1.29 is 14.3 Å². The maximum Gasteiger partial charge on any atom is 0.372 e. The predicted molar refractivity (Wildman–Crippen MR) is 69.8 cm³/mol. The molecule has 1 heterocycles. The molecule has 0 aliphatic heterocycles. The number of aromatic carboxylic acids is 1. The Bertz CT molecular complexity index is 372. The number of hydrogen-bond acceptors (Lipinski definition) is 4. The number of nitrogens with zero attached hydrogens (tertiary/aromatic N) is 1. The van der Waals surface area contributed by atoms with Crippen molar-refractivity contribution in [3.63, 3.8) is 0 Å². The average molecular weight is 254 g/mol. The van der Waals surface area contributed by atoms with Gasteiger partial charge in [-0.1, -0.05) is 13.8 Å². The van der Waals surface area contributed by atoms with Gasteiger partial charge in [0.05, 0.1) is 6.26 Å². The molecule has 0 radical (unpaired) electrons. The van der Waals surface area contributed by atoms with Crippen LogP contribution in [0.15, 0.2) is 16.7 Å². The molecule has 0 saturated carbocycles. The van der Waals surface area contributed by atoms with E-state index in [-0.39, 0.29) is 5.76 Å². The molecule has 18 heavy (non-hydrogen) atoms.